The molecule has 0 spiro atoms. The number of nitrogens with one attached hydrogen (secondary N) is 3. The fourth-order valence-electron chi connectivity index (χ4n) is 3.25. The van der Waals surface area contributed by atoms with Gasteiger partial charge in [-0.15, -0.1) is 0 Å². The minimum atomic E-state index is -0.211. The Labute approximate surface area is 135 Å². The number of rotatable bonds is 4. The molecule has 1 aliphatic carbocycles. The average Bonchev–Trinajstić information content (AvgIpc) is 2.90. The highest BCUT2D eigenvalue weighted by molar-refractivity contribution is 6.00. The maximum absolute atomic E-state index is 12.3. The lowest BCUT2D eigenvalue weighted by Gasteiger charge is -2.18. The Morgan fingerprint density at radius 1 is 1.30 bits per heavy atom. The molecule has 2 aromatic rings. The van der Waals surface area contributed by atoms with Crippen molar-refractivity contribution in [3.05, 3.63) is 35.0 Å². The van der Waals surface area contributed by atoms with E-state index in [1.54, 1.807) is 6.07 Å². The van der Waals surface area contributed by atoms with E-state index in [1.165, 1.54) is 17.7 Å². The van der Waals surface area contributed by atoms with Gasteiger partial charge in [0.05, 0.1) is 6.54 Å². The molecule has 3 N–H and O–H groups in total. The first-order valence-electron chi connectivity index (χ1n) is 8.27. The van der Waals surface area contributed by atoms with Crippen LogP contribution in [0.5, 0.6) is 0 Å². The van der Waals surface area contributed by atoms with Crippen LogP contribution in [0.25, 0.3) is 10.9 Å². The van der Waals surface area contributed by atoms with Crippen LogP contribution in [0.15, 0.2) is 18.2 Å². The molecule has 2 amide bonds. The summed E-state index contributed by atoms with van der Waals surface area (Å²) in [6, 6.07) is 5.70. The molecule has 1 aromatic heterocycles. The molecule has 0 aliphatic heterocycles. The lowest BCUT2D eigenvalue weighted by atomic mass is 9.87. The summed E-state index contributed by atoms with van der Waals surface area (Å²) in [5, 5.41) is 6.47. The van der Waals surface area contributed by atoms with E-state index in [-0.39, 0.29) is 18.4 Å². The van der Waals surface area contributed by atoms with Crippen molar-refractivity contribution in [2.75, 3.05) is 13.1 Å². The molecular formula is C18H23N3O2. The lowest BCUT2D eigenvalue weighted by molar-refractivity contribution is -0.120. The zero-order valence-corrected chi connectivity index (χ0v) is 13.7. The maximum atomic E-state index is 12.3. The Morgan fingerprint density at radius 2 is 2.13 bits per heavy atom. The van der Waals surface area contributed by atoms with E-state index < -0.39 is 0 Å². The lowest BCUT2D eigenvalue weighted by Crippen LogP contribution is -2.36. The molecule has 0 fully saturated rings. The van der Waals surface area contributed by atoms with Crippen molar-refractivity contribution in [1.29, 1.82) is 0 Å². The molecule has 1 atom stereocenters. The Balaban J connectivity index is 1.81. The third-order valence-corrected chi connectivity index (χ3v) is 4.48. The van der Waals surface area contributed by atoms with E-state index in [2.05, 4.69) is 22.5 Å². The van der Waals surface area contributed by atoms with Crippen LogP contribution in [0.2, 0.25) is 0 Å². The molecular weight excluding hydrogens is 290 g/mol. The highest BCUT2D eigenvalue weighted by Crippen LogP contribution is 2.32. The van der Waals surface area contributed by atoms with Crippen molar-refractivity contribution in [3.63, 3.8) is 0 Å². The monoisotopic (exact) mass is 313 g/mol. The SMILES string of the molecule is CCNC(=O)CNC(=O)c1ccc2[nH]c3c(c2c1)CC(C)CC3. The summed E-state index contributed by atoms with van der Waals surface area (Å²) in [6.07, 6.45) is 3.34. The van der Waals surface area contributed by atoms with Gasteiger partial charge in [0.25, 0.3) is 5.91 Å². The summed E-state index contributed by atoms with van der Waals surface area (Å²) < 4.78 is 0. The van der Waals surface area contributed by atoms with Crippen LogP contribution in [0.1, 0.15) is 41.9 Å². The van der Waals surface area contributed by atoms with Gasteiger partial charge in [-0.05, 0) is 55.9 Å². The number of hydrogen-bond acceptors (Lipinski definition) is 2. The molecule has 122 valence electrons. The van der Waals surface area contributed by atoms with E-state index in [0.717, 1.165) is 23.7 Å². The molecule has 1 aliphatic rings. The summed E-state index contributed by atoms with van der Waals surface area (Å²) >= 11 is 0. The average molecular weight is 313 g/mol. The second-order valence-electron chi connectivity index (χ2n) is 6.33. The van der Waals surface area contributed by atoms with E-state index in [0.29, 0.717) is 18.0 Å². The Kier molecular flexibility index (Phi) is 4.37. The van der Waals surface area contributed by atoms with E-state index >= 15 is 0 Å². The first-order valence-corrected chi connectivity index (χ1v) is 8.27. The highest BCUT2D eigenvalue weighted by atomic mass is 16.2. The second kappa shape index (κ2) is 6.44. The molecule has 0 radical (unpaired) electrons. The number of fused-ring (bicyclic) bond motifs is 3. The molecule has 0 saturated carbocycles. The largest absolute Gasteiger partial charge is 0.358 e. The number of likely N-dealkylation sites (N-methyl/N-ethyl adjacent to an activating group) is 1. The number of benzene rings is 1. The Bertz CT molecular complexity index is 748. The van der Waals surface area contributed by atoms with Crippen LogP contribution in [-0.2, 0) is 17.6 Å². The number of aryl methyl sites for hydroxylation is 1. The first-order chi connectivity index (χ1) is 11.1. The van der Waals surface area contributed by atoms with Crippen LogP contribution in [0, 0.1) is 5.92 Å². The molecule has 23 heavy (non-hydrogen) atoms. The van der Waals surface area contributed by atoms with Gasteiger partial charge in [0.2, 0.25) is 5.91 Å². The maximum Gasteiger partial charge on any atom is 0.251 e. The van der Waals surface area contributed by atoms with Crippen molar-refractivity contribution in [1.82, 2.24) is 15.6 Å². The highest BCUT2D eigenvalue weighted by Gasteiger charge is 2.20. The number of carbonyl (C=O) groups is 2. The molecule has 1 aromatic carbocycles. The van der Waals surface area contributed by atoms with Crippen LogP contribution in [-0.4, -0.2) is 29.9 Å². The number of hydrogen-bond donors (Lipinski definition) is 3. The number of H-pyrrole nitrogens is 1. The molecule has 5 heteroatoms. The quantitative estimate of drug-likeness (QED) is 0.809. The van der Waals surface area contributed by atoms with Crippen molar-refractivity contribution in [3.8, 4) is 0 Å². The minimum Gasteiger partial charge on any atom is -0.358 e. The molecule has 3 rings (SSSR count). The van der Waals surface area contributed by atoms with Gasteiger partial charge in [0.1, 0.15) is 0 Å². The third-order valence-electron chi connectivity index (χ3n) is 4.48. The van der Waals surface area contributed by atoms with Gasteiger partial charge >= 0.3 is 0 Å². The number of amides is 2. The second-order valence-corrected chi connectivity index (χ2v) is 6.33. The predicted molar refractivity (Wildman–Crippen MR) is 90.5 cm³/mol. The predicted octanol–water partition coefficient (Wildman–Crippen LogP) is 2.16. The first kappa shape index (κ1) is 15.6. The van der Waals surface area contributed by atoms with Crippen LogP contribution < -0.4 is 10.6 Å². The van der Waals surface area contributed by atoms with Gasteiger partial charge in [0.15, 0.2) is 0 Å². The zero-order valence-electron chi connectivity index (χ0n) is 13.7. The fraction of sp³-hybridized carbons (Fsp3) is 0.444. The zero-order chi connectivity index (χ0) is 16.4. The van der Waals surface area contributed by atoms with Gasteiger partial charge < -0.3 is 15.6 Å². The number of carbonyl (C=O) groups excluding carboxylic acids is 2. The van der Waals surface area contributed by atoms with Gasteiger partial charge in [-0.3, -0.25) is 9.59 Å². The molecule has 1 heterocycles. The topological polar surface area (TPSA) is 74.0 Å². The van der Waals surface area contributed by atoms with Gasteiger partial charge in [-0.2, -0.15) is 0 Å². The molecule has 1 unspecified atom stereocenters. The van der Waals surface area contributed by atoms with Gasteiger partial charge in [-0.25, -0.2) is 0 Å². The smallest absolute Gasteiger partial charge is 0.251 e. The summed E-state index contributed by atoms with van der Waals surface area (Å²) in [7, 11) is 0. The van der Waals surface area contributed by atoms with Crippen molar-refractivity contribution >= 4 is 22.7 Å². The van der Waals surface area contributed by atoms with Crippen LogP contribution in [0.4, 0.5) is 0 Å². The van der Waals surface area contributed by atoms with E-state index in [1.807, 2.05) is 19.1 Å². The molecule has 0 bridgehead atoms. The minimum absolute atomic E-state index is 0.00693. The third kappa shape index (κ3) is 3.23. The normalized spacial score (nSPS) is 16.9. The summed E-state index contributed by atoms with van der Waals surface area (Å²) in [5.41, 5.74) is 4.33. The summed E-state index contributed by atoms with van der Waals surface area (Å²) in [4.78, 5) is 27.2. The summed E-state index contributed by atoms with van der Waals surface area (Å²) in [6.45, 7) is 4.69. The Morgan fingerprint density at radius 3 is 2.91 bits per heavy atom. The fourth-order valence-corrected chi connectivity index (χ4v) is 3.25. The molecule has 5 nitrogen and oxygen atoms in total. The van der Waals surface area contributed by atoms with Crippen LogP contribution in [0.3, 0.4) is 0 Å². The van der Waals surface area contributed by atoms with Gasteiger partial charge in [-0.1, -0.05) is 6.92 Å². The van der Waals surface area contributed by atoms with Crippen molar-refractivity contribution in [2.24, 2.45) is 5.92 Å². The standard InChI is InChI=1S/C18H23N3O2/c1-3-19-17(22)10-20-18(23)12-5-7-16-14(9-12)13-8-11(2)4-6-15(13)21-16/h5,7,9,11,21H,3-4,6,8,10H2,1-2H3,(H,19,22)(H,20,23). The number of aromatic nitrogens is 1. The van der Waals surface area contributed by atoms with Crippen LogP contribution >= 0.6 is 0 Å². The summed E-state index contributed by atoms with van der Waals surface area (Å²) in [5.74, 6) is 0.295. The van der Waals surface area contributed by atoms with E-state index in [9.17, 15) is 9.59 Å². The van der Waals surface area contributed by atoms with Gasteiger partial charge in [0, 0.05) is 28.7 Å². The van der Waals surface area contributed by atoms with Crippen molar-refractivity contribution < 1.29 is 9.59 Å². The molecule has 0 saturated heterocycles. The van der Waals surface area contributed by atoms with Crippen molar-refractivity contribution in [2.45, 2.75) is 33.1 Å². The van der Waals surface area contributed by atoms with E-state index in [4.69, 9.17) is 0 Å². The number of aromatic amines is 1. The Hall–Kier alpha value is -2.30.